The van der Waals surface area contributed by atoms with Crippen LogP contribution in [0.4, 0.5) is 0 Å². The number of rotatable bonds is 2. The Labute approximate surface area is 145 Å². The Balaban J connectivity index is 1.50. The van der Waals surface area contributed by atoms with Gasteiger partial charge in [0.15, 0.2) is 18.2 Å². The molecule has 0 amide bonds. The molecule has 2 saturated heterocycles. The molecular weight excluding hydrogens is 322 g/mol. The lowest BCUT2D eigenvalue weighted by Crippen LogP contribution is -2.50. The largest absolute Gasteiger partial charge is 0.453 e. The number of fused-ring (bicyclic) bond motifs is 1. The summed E-state index contributed by atoms with van der Waals surface area (Å²) < 4.78 is 17.1. The maximum atomic E-state index is 12.2. The van der Waals surface area contributed by atoms with Crippen molar-refractivity contribution in [1.29, 1.82) is 0 Å². The zero-order valence-electron chi connectivity index (χ0n) is 13.7. The lowest BCUT2D eigenvalue weighted by molar-refractivity contribution is -0.262. The fourth-order valence-electron chi connectivity index (χ4n) is 3.26. The lowest BCUT2D eigenvalue weighted by atomic mass is 10.0. The van der Waals surface area contributed by atoms with Crippen LogP contribution in [0.2, 0.25) is 0 Å². The third-order valence-electron chi connectivity index (χ3n) is 4.55. The van der Waals surface area contributed by atoms with Gasteiger partial charge in [0.1, 0.15) is 11.8 Å². The van der Waals surface area contributed by atoms with Gasteiger partial charge in [-0.1, -0.05) is 30.3 Å². The Bertz CT molecular complexity index is 739. The highest BCUT2D eigenvalue weighted by Crippen LogP contribution is 2.32. The highest BCUT2D eigenvalue weighted by molar-refractivity contribution is 6.37. The molecule has 2 aliphatic heterocycles. The molecule has 0 saturated carbocycles. The number of ether oxygens (including phenoxy) is 3. The van der Waals surface area contributed by atoms with Crippen molar-refractivity contribution >= 4 is 17.5 Å². The number of carbonyl (C=O) groups excluding carboxylic acids is 2. The van der Waals surface area contributed by atoms with E-state index in [0.29, 0.717) is 37.3 Å². The van der Waals surface area contributed by atoms with Gasteiger partial charge in [-0.15, -0.1) is 0 Å². The second-order valence-corrected chi connectivity index (χ2v) is 6.41. The van der Waals surface area contributed by atoms with Crippen molar-refractivity contribution in [3.8, 4) is 0 Å². The lowest BCUT2D eigenvalue weighted by Gasteiger charge is -2.38. The van der Waals surface area contributed by atoms with Crippen LogP contribution in [0.3, 0.4) is 0 Å². The van der Waals surface area contributed by atoms with Gasteiger partial charge in [0.2, 0.25) is 0 Å². The number of aliphatic imine (C=N–C) groups is 1. The summed E-state index contributed by atoms with van der Waals surface area (Å²) in [6, 6.07) is 9.66. The van der Waals surface area contributed by atoms with Crippen LogP contribution >= 0.6 is 0 Å². The second kappa shape index (κ2) is 6.90. The molecule has 130 valence electrons. The molecule has 0 unspecified atom stereocenters. The zero-order valence-corrected chi connectivity index (χ0v) is 13.7. The molecule has 25 heavy (non-hydrogen) atoms. The Morgan fingerprint density at radius 1 is 1.04 bits per heavy atom. The van der Waals surface area contributed by atoms with Gasteiger partial charge in [-0.2, -0.15) is 0 Å². The average molecular weight is 341 g/mol. The number of carbonyl (C=O) groups is 2. The van der Waals surface area contributed by atoms with Crippen molar-refractivity contribution in [3.05, 3.63) is 47.7 Å². The van der Waals surface area contributed by atoms with Crippen LogP contribution in [0.25, 0.3) is 0 Å². The first-order valence-electron chi connectivity index (χ1n) is 8.53. The fraction of sp³-hybridized carbons (Fsp3) is 0.421. The summed E-state index contributed by atoms with van der Waals surface area (Å²) >= 11 is 0. The maximum Gasteiger partial charge on any atom is 0.353 e. The molecule has 3 aliphatic rings. The number of hydrogen-bond acceptors (Lipinski definition) is 6. The van der Waals surface area contributed by atoms with Crippen molar-refractivity contribution in [3.63, 3.8) is 0 Å². The molecule has 2 heterocycles. The van der Waals surface area contributed by atoms with Crippen molar-refractivity contribution < 1.29 is 23.8 Å². The highest BCUT2D eigenvalue weighted by atomic mass is 16.7. The van der Waals surface area contributed by atoms with Gasteiger partial charge in [0, 0.05) is 30.2 Å². The molecule has 1 aromatic carbocycles. The molecule has 1 aromatic rings. The van der Waals surface area contributed by atoms with Crippen LogP contribution in [-0.4, -0.2) is 36.3 Å². The summed E-state index contributed by atoms with van der Waals surface area (Å²) in [5, 5.41) is 0. The van der Waals surface area contributed by atoms with E-state index in [0.717, 1.165) is 12.0 Å². The van der Waals surface area contributed by atoms with Crippen LogP contribution in [0.15, 0.2) is 47.1 Å². The van der Waals surface area contributed by atoms with E-state index in [1.165, 1.54) is 6.08 Å². The third kappa shape index (κ3) is 3.55. The first-order chi connectivity index (χ1) is 12.2. The summed E-state index contributed by atoms with van der Waals surface area (Å²) in [5.41, 5.74) is 1.89. The number of allylic oxidation sites excluding steroid dienone is 2. The SMILES string of the molecule is O=C1C=C(N=C2C[C@@H]3O[C@@H](c4ccccc4)OC[C@@H]3OC2=O)CCC1. The Hall–Kier alpha value is -2.31. The number of hydrogen-bond donors (Lipinski definition) is 0. The smallest absolute Gasteiger partial charge is 0.353 e. The van der Waals surface area contributed by atoms with Crippen LogP contribution in [0.5, 0.6) is 0 Å². The monoisotopic (exact) mass is 341 g/mol. The summed E-state index contributed by atoms with van der Waals surface area (Å²) in [6.45, 7) is 0.296. The summed E-state index contributed by atoms with van der Waals surface area (Å²) in [7, 11) is 0. The van der Waals surface area contributed by atoms with E-state index in [1.807, 2.05) is 30.3 Å². The summed E-state index contributed by atoms with van der Waals surface area (Å²) in [5.74, 6) is -0.398. The molecular formula is C19H19NO5. The van der Waals surface area contributed by atoms with E-state index >= 15 is 0 Å². The van der Waals surface area contributed by atoms with Crippen molar-refractivity contribution in [2.75, 3.05) is 6.61 Å². The van der Waals surface area contributed by atoms with Gasteiger partial charge in [-0.25, -0.2) is 4.79 Å². The molecule has 0 aromatic heterocycles. The predicted octanol–water partition coefficient (Wildman–Crippen LogP) is 2.49. The quantitative estimate of drug-likeness (QED) is 0.773. The first kappa shape index (κ1) is 16.2. The second-order valence-electron chi connectivity index (χ2n) is 6.41. The van der Waals surface area contributed by atoms with E-state index in [9.17, 15) is 9.59 Å². The summed E-state index contributed by atoms with van der Waals surface area (Å²) in [4.78, 5) is 28.1. The fourth-order valence-corrected chi connectivity index (χ4v) is 3.26. The van der Waals surface area contributed by atoms with Crippen molar-refractivity contribution in [2.24, 2.45) is 4.99 Å². The van der Waals surface area contributed by atoms with Gasteiger partial charge in [-0.05, 0) is 12.8 Å². The molecule has 6 nitrogen and oxygen atoms in total. The summed E-state index contributed by atoms with van der Waals surface area (Å²) in [6.07, 6.45) is 2.70. The van der Waals surface area contributed by atoms with Crippen LogP contribution in [-0.2, 0) is 23.8 Å². The first-order valence-corrected chi connectivity index (χ1v) is 8.53. The predicted molar refractivity (Wildman–Crippen MR) is 88.9 cm³/mol. The van der Waals surface area contributed by atoms with E-state index in [-0.39, 0.29) is 11.9 Å². The highest BCUT2D eigenvalue weighted by Gasteiger charge is 2.41. The molecule has 2 fully saturated rings. The molecule has 0 spiro atoms. The van der Waals surface area contributed by atoms with Gasteiger partial charge in [-0.3, -0.25) is 9.79 Å². The minimum atomic E-state index is -0.476. The molecule has 6 heteroatoms. The standard InChI is InChI=1S/C19H19NO5/c21-14-8-4-7-13(9-14)20-15-10-16-17(24-18(15)22)11-23-19(25-16)12-5-2-1-3-6-12/h1-3,5-6,9,16-17,19H,4,7-8,10-11H2/t16-,17-,19-/m0/s1. The Morgan fingerprint density at radius 3 is 2.68 bits per heavy atom. The molecule has 0 radical (unpaired) electrons. The number of esters is 1. The van der Waals surface area contributed by atoms with E-state index in [2.05, 4.69) is 4.99 Å². The number of nitrogens with zero attached hydrogens (tertiary/aromatic N) is 1. The Kier molecular flexibility index (Phi) is 4.46. The normalized spacial score (nSPS) is 31.3. The van der Waals surface area contributed by atoms with Gasteiger partial charge in [0.05, 0.1) is 6.61 Å². The van der Waals surface area contributed by atoms with E-state index in [4.69, 9.17) is 14.2 Å². The minimum Gasteiger partial charge on any atom is -0.453 e. The van der Waals surface area contributed by atoms with Crippen molar-refractivity contribution in [2.45, 2.75) is 44.2 Å². The van der Waals surface area contributed by atoms with E-state index < -0.39 is 18.4 Å². The zero-order chi connectivity index (χ0) is 17.2. The minimum absolute atomic E-state index is 0.0547. The van der Waals surface area contributed by atoms with Crippen molar-refractivity contribution in [1.82, 2.24) is 0 Å². The van der Waals surface area contributed by atoms with E-state index in [1.54, 1.807) is 0 Å². The Morgan fingerprint density at radius 2 is 1.88 bits per heavy atom. The molecule has 0 N–H and O–H groups in total. The molecule has 4 rings (SSSR count). The molecule has 0 bridgehead atoms. The van der Waals surface area contributed by atoms with Gasteiger partial charge >= 0.3 is 5.97 Å². The number of benzene rings is 1. The average Bonchev–Trinajstić information content (AvgIpc) is 2.63. The van der Waals surface area contributed by atoms with Crippen LogP contribution in [0, 0.1) is 0 Å². The third-order valence-corrected chi connectivity index (χ3v) is 4.55. The number of ketones is 1. The van der Waals surface area contributed by atoms with Crippen LogP contribution in [0.1, 0.15) is 37.5 Å². The topological polar surface area (TPSA) is 74.2 Å². The maximum absolute atomic E-state index is 12.2. The molecule has 3 atom stereocenters. The van der Waals surface area contributed by atoms with Gasteiger partial charge in [0.25, 0.3) is 0 Å². The molecule has 1 aliphatic carbocycles. The van der Waals surface area contributed by atoms with Crippen LogP contribution < -0.4 is 0 Å². The van der Waals surface area contributed by atoms with Gasteiger partial charge < -0.3 is 14.2 Å².